The lowest BCUT2D eigenvalue weighted by Gasteiger charge is -2.16. The van der Waals surface area contributed by atoms with Gasteiger partial charge < -0.3 is 5.32 Å². The van der Waals surface area contributed by atoms with Crippen LogP contribution < -0.4 is 5.32 Å². The Morgan fingerprint density at radius 2 is 2.50 bits per heavy atom. The summed E-state index contributed by atoms with van der Waals surface area (Å²) in [4.78, 5) is 10.9. The fraction of sp³-hybridized carbons (Fsp3) is 0.889. The van der Waals surface area contributed by atoms with Crippen molar-refractivity contribution in [2.24, 2.45) is 0 Å². The van der Waals surface area contributed by atoms with Crippen LogP contribution in [-0.4, -0.2) is 17.3 Å². The fourth-order valence-electron chi connectivity index (χ4n) is 1.51. The quantitative estimate of drug-likeness (QED) is 0.674. The van der Waals surface area contributed by atoms with E-state index in [4.69, 9.17) is 11.6 Å². The van der Waals surface area contributed by atoms with Crippen molar-refractivity contribution in [1.82, 2.24) is 5.32 Å². The van der Waals surface area contributed by atoms with Gasteiger partial charge in [-0.3, -0.25) is 4.79 Å². The molecule has 1 heterocycles. The minimum atomic E-state index is 0.136. The second-order valence-corrected chi connectivity index (χ2v) is 3.93. The van der Waals surface area contributed by atoms with E-state index in [2.05, 4.69) is 12.2 Å². The highest BCUT2D eigenvalue weighted by atomic mass is 35.5. The van der Waals surface area contributed by atoms with Crippen LogP contribution in [0.2, 0.25) is 0 Å². The summed E-state index contributed by atoms with van der Waals surface area (Å²) in [5, 5.41) is 3.03. The first kappa shape index (κ1) is 9.85. The molecule has 1 fully saturated rings. The maximum atomic E-state index is 10.9. The van der Waals surface area contributed by atoms with Gasteiger partial charge in [0.2, 0.25) is 5.91 Å². The second kappa shape index (κ2) is 4.70. The Bertz CT molecular complexity index is 161. The molecule has 2 unspecified atom stereocenters. The van der Waals surface area contributed by atoms with Gasteiger partial charge in [0.05, 0.1) is 5.38 Å². The molecule has 0 aromatic rings. The van der Waals surface area contributed by atoms with E-state index < -0.39 is 0 Å². The van der Waals surface area contributed by atoms with Gasteiger partial charge in [0.25, 0.3) is 0 Å². The van der Waals surface area contributed by atoms with Crippen LogP contribution in [0.1, 0.15) is 39.0 Å². The van der Waals surface area contributed by atoms with Crippen LogP contribution in [-0.2, 0) is 4.79 Å². The molecule has 0 aromatic carbocycles. The number of carbonyl (C=O) groups excluding carboxylic acids is 1. The van der Waals surface area contributed by atoms with E-state index in [1.54, 1.807) is 0 Å². The smallest absolute Gasteiger partial charge is 0.220 e. The Labute approximate surface area is 78.7 Å². The van der Waals surface area contributed by atoms with E-state index in [0.717, 1.165) is 19.3 Å². The molecule has 0 saturated carbocycles. The number of hydrogen-bond acceptors (Lipinski definition) is 1. The maximum Gasteiger partial charge on any atom is 0.220 e. The first-order valence-corrected chi connectivity index (χ1v) is 5.11. The molecule has 0 bridgehead atoms. The summed E-state index contributed by atoms with van der Waals surface area (Å²) in [7, 11) is 0. The molecule has 0 spiro atoms. The summed E-state index contributed by atoms with van der Waals surface area (Å²) >= 11 is 6.12. The molecule has 1 amide bonds. The molecule has 1 N–H and O–H groups in total. The number of amides is 1. The number of hydrogen-bond donors (Lipinski definition) is 1. The number of alkyl halides is 1. The highest BCUT2D eigenvalue weighted by Crippen LogP contribution is 2.19. The van der Waals surface area contributed by atoms with Crippen LogP contribution in [0.4, 0.5) is 0 Å². The Balaban J connectivity index is 2.23. The highest BCUT2D eigenvalue weighted by Gasteiger charge is 2.26. The fourth-order valence-corrected chi connectivity index (χ4v) is 1.85. The van der Waals surface area contributed by atoms with Gasteiger partial charge in [-0.1, -0.05) is 19.8 Å². The van der Waals surface area contributed by atoms with Gasteiger partial charge in [-0.2, -0.15) is 0 Å². The van der Waals surface area contributed by atoms with E-state index >= 15 is 0 Å². The SMILES string of the molecule is CCCCC(Cl)C1CCC(=O)N1. The van der Waals surface area contributed by atoms with Crippen LogP contribution in [0.15, 0.2) is 0 Å². The van der Waals surface area contributed by atoms with Crippen LogP contribution in [0, 0.1) is 0 Å². The van der Waals surface area contributed by atoms with Crippen molar-refractivity contribution in [3.63, 3.8) is 0 Å². The number of nitrogens with one attached hydrogen (secondary N) is 1. The second-order valence-electron chi connectivity index (χ2n) is 3.37. The predicted octanol–water partition coefficient (Wildman–Crippen LogP) is 2.06. The molecule has 70 valence electrons. The zero-order chi connectivity index (χ0) is 8.97. The minimum Gasteiger partial charge on any atom is -0.352 e. The third-order valence-electron chi connectivity index (χ3n) is 2.30. The van der Waals surface area contributed by atoms with Crippen LogP contribution >= 0.6 is 11.6 Å². The molecule has 2 atom stereocenters. The normalized spacial score (nSPS) is 25.5. The molecular formula is C9H16ClNO. The van der Waals surface area contributed by atoms with Crippen molar-refractivity contribution >= 4 is 17.5 Å². The molecule has 1 saturated heterocycles. The van der Waals surface area contributed by atoms with Gasteiger partial charge in [-0.25, -0.2) is 0 Å². The summed E-state index contributed by atoms with van der Waals surface area (Å²) in [6.07, 6.45) is 4.91. The topological polar surface area (TPSA) is 29.1 Å². The summed E-state index contributed by atoms with van der Waals surface area (Å²) in [6, 6.07) is 0.228. The summed E-state index contributed by atoms with van der Waals surface area (Å²) in [5.74, 6) is 0.155. The standard InChI is InChI=1S/C9H16ClNO/c1-2-3-4-7(10)8-5-6-9(12)11-8/h7-8H,2-6H2,1H3,(H,11,12). The zero-order valence-corrected chi connectivity index (χ0v) is 8.23. The monoisotopic (exact) mass is 189 g/mol. The van der Waals surface area contributed by atoms with Crippen LogP contribution in [0.5, 0.6) is 0 Å². The van der Waals surface area contributed by atoms with Crippen molar-refractivity contribution in [3.8, 4) is 0 Å². The van der Waals surface area contributed by atoms with Gasteiger partial charge >= 0.3 is 0 Å². The Morgan fingerprint density at radius 3 is 3.00 bits per heavy atom. The van der Waals surface area contributed by atoms with Crippen molar-refractivity contribution in [3.05, 3.63) is 0 Å². The molecule has 3 heteroatoms. The number of carbonyl (C=O) groups is 1. The molecule has 1 aliphatic rings. The van der Waals surface area contributed by atoms with Gasteiger partial charge in [-0.05, 0) is 12.8 Å². The van der Waals surface area contributed by atoms with E-state index in [1.165, 1.54) is 6.42 Å². The molecular weight excluding hydrogens is 174 g/mol. The Hall–Kier alpha value is -0.240. The van der Waals surface area contributed by atoms with Gasteiger partial charge in [-0.15, -0.1) is 11.6 Å². The third-order valence-corrected chi connectivity index (χ3v) is 2.82. The number of halogens is 1. The van der Waals surface area contributed by atoms with E-state index in [9.17, 15) is 4.79 Å². The lowest BCUT2D eigenvalue weighted by atomic mass is 10.1. The highest BCUT2D eigenvalue weighted by molar-refractivity contribution is 6.21. The zero-order valence-electron chi connectivity index (χ0n) is 7.48. The maximum absolute atomic E-state index is 10.9. The average Bonchev–Trinajstić information content (AvgIpc) is 2.47. The summed E-state index contributed by atoms with van der Waals surface area (Å²) in [5.41, 5.74) is 0. The average molecular weight is 190 g/mol. The number of rotatable bonds is 4. The molecule has 1 rings (SSSR count). The van der Waals surface area contributed by atoms with E-state index in [1.807, 2.05) is 0 Å². The van der Waals surface area contributed by atoms with Gasteiger partial charge in [0.15, 0.2) is 0 Å². The molecule has 1 aliphatic heterocycles. The van der Waals surface area contributed by atoms with Gasteiger partial charge in [0.1, 0.15) is 0 Å². The Kier molecular flexibility index (Phi) is 3.86. The third kappa shape index (κ3) is 2.67. The summed E-state index contributed by atoms with van der Waals surface area (Å²) in [6.45, 7) is 2.15. The lowest BCUT2D eigenvalue weighted by molar-refractivity contribution is -0.119. The molecule has 2 nitrogen and oxygen atoms in total. The van der Waals surface area contributed by atoms with Crippen LogP contribution in [0.25, 0.3) is 0 Å². The molecule has 0 aliphatic carbocycles. The van der Waals surface area contributed by atoms with Crippen molar-refractivity contribution in [2.45, 2.75) is 50.4 Å². The number of unbranched alkanes of at least 4 members (excludes halogenated alkanes) is 1. The lowest BCUT2D eigenvalue weighted by Crippen LogP contribution is -2.33. The predicted molar refractivity (Wildman–Crippen MR) is 50.3 cm³/mol. The molecule has 0 aromatic heterocycles. The molecule has 12 heavy (non-hydrogen) atoms. The minimum absolute atomic E-state index is 0.136. The largest absolute Gasteiger partial charge is 0.352 e. The first-order chi connectivity index (χ1) is 5.74. The van der Waals surface area contributed by atoms with E-state index in [0.29, 0.717) is 6.42 Å². The van der Waals surface area contributed by atoms with Crippen molar-refractivity contribution < 1.29 is 4.79 Å². The Morgan fingerprint density at radius 1 is 1.75 bits per heavy atom. The van der Waals surface area contributed by atoms with Crippen molar-refractivity contribution in [1.29, 1.82) is 0 Å². The van der Waals surface area contributed by atoms with Crippen molar-refractivity contribution in [2.75, 3.05) is 0 Å². The van der Waals surface area contributed by atoms with Crippen LogP contribution in [0.3, 0.4) is 0 Å². The van der Waals surface area contributed by atoms with Gasteiger partial charge in [0, 0.05) is 12.5 Å². The summed E-state index contributed by atoms with van der Waals surface area (Å²) < 4.78 is 0. The molecule has 0 radical (unpaired) electrons. The van der Waals surface area contributed by atoms with E-state index in [-0.39, 0.29) is 17.3 Å². The first-order valence-electron chi connectivity index (χ1n) is 4.67.